The fourth-order valence-electron chi connectivity index (χ4n) is 0.749. The maximum Gasteiger partial charge on any atom is 0.346 e. The van der Waals surface area contributed by atoms with Gasteiger partial charge in [-0.2, -0.15) is 11.8 Å². The third kappa shape index (κ3) is 3.28. The highest BCUT2D eigenvalue weighted by molar-refractivity contribution is 7.98. The molecule has 0 bridgehead atoms. The molecule has 0 aliphatic rings. The third-order valence-electron chi connectivity index (χ3n) is 1.34. The van der Waals surface area contributed by atoms with E-state index in [9.17, 15) is 4.79 Å². The summed E-state index contributed by atoms with van der Waals surface area (Å²) in [5, 5.41) is 10.3. The fraction of sp³-hybridized carbons (Fsp3) is 0.375. The van der Waals surface area contributed by atoms with Gasteiger partial charge in [0.15, 0.2) is 0 Å². The summed E-state index contributed by atoms with van der Waals surface area (Å²) in [5.41, 5.74) is 0. The van der Waals surface area contributed by atoms with E-state index in [2.05, 4.69) is 0 Å². The molecule has 0 aliphatic carbocycles. The van der Waals surface area contributed by atoms with E-state index in [4.69, 9.17) is 9.84 Å². The molecule has 72 valence electrons. The molecule has 0 radical (unpaired) electrons. The Morgan fingerprint density at radius 1 is 1.77 bits per heavy atom. The van der Waals surface area contributed by atoms with Gasteiger partial charge in [0.2, 0.25) is 0 Å². The van der Waals surface area contributed by atoms with Crippen molar-refractivity contribution in [2.75, 3.05) is 18.6 Å². The zero-order chi connectivity index (χ0) is 9.68. The van der Waals surface area contributed by atoms with Gasteiger partial charge in [-0.15, -0.1) is 11.3 Å². The maximum atomic E-state index is 10.5. The van der Waals surface area contributed by atoms with E-state index in [1.165, 1.54) is 11.3 Å². The molecule has 0 aromatic carbocycles. The van der Waals surface area contributed by atoms with Gasteiger partial charge in [0.05, 0.1) is 6.61 Å². The normalized spacial score (nSPS) is 9.92. The number of hydrogen-bond acceptors (Lipinski definition) is 4. The number of carbonyl (C=O) groups is 1. The first-order valence-corrected chi connectivity index (χ1v) is 5.95. The van der Waals surface area contributed by atoms with Crippen LogP contribution in [0.15, 0.2) is 11.4 Å². The standard InChI is InChI=1S/C8H10O3S2/c1-12-3-2-11-6-4-7(8(9)10)13-5-6/h4-5H,2-3H2,1H3,(H,9,10). The van der Waals surface area contributed by atoms with E-state index in [-0.39, 0.29) is 0 Å². The minimum absolute atomic E-state index is 0.319. The lowest BCUT2D eigenvalue weighted by Crippen LogP contribution is -1.98. The molecule has 0 amide bonds. The SMILES string of the molecule is CSCCOc1csc(C(=O)O)c1. The summed E-state index contributed by atoms with van der Waals surface area (Å²) in [4.78, 5) is 10.8. The summed E-state index contributed by atoms with van der Waals surface area (Å²) in [5.74, 6) is 0.666. The molecular formula is C8H10O3S2. The molecule has 1 aromatic heterocycles. The highest BCUT2D eigenvalue weighted by atomic mass is 32.2. The van der Waals surface area contributed by atoms with Gasteiger partial charge in [-0.25, -0.2) is 4.79 Å². The van der Waals surface area contributed by atoms with Crippen LogP contribution in [0.1, 0.15) is 9.67 Å². The summed E-state index contributed by atoms with van der Waals surface area (Å²) < 4.78 is 5.30. The Kier molecular flexibility index (Phi) is 4.11. The Bertz CT molecular complexity index is 283. The quantitative estimate of drug-likeness (QED) is 0.769. The van der Waals surface area contributed by atoms with Crippen LogP contribution in [0.25, 0.3) is 0 Å². The molecule has 5 heteroatoms. The second kappa shape index (κ2) is 5.14. The van der Waals surface area contributed by atoms with Crippen LogP contribution in [0.2, 0.25) is 0 Å². The monoisotopic (exact) mass is 218 g/mol. The van der Waals surface area contributed by atoms with Crippen molar-refractivity contribution in [1.29, 1.82) is 0 Å². The number of aromatic carboxylic acids is 1. The molecule has 0 atom stereocenters. The fourth-order valence-corrected chi connectivity index (χ4v) is 1.66. The van der Waals surface area contributed by atoms with Gasteiger partial charge in [-0.05, 0) is 6.26 Å². The van der Waals surface area contributed by atoms with Gasteiger partial charge < -0.3 is 9.84 Å². The second-order valence-corrected chi connectivity index (χ2v) is 4.19. The average molecular weight is 218 g/mol. The predicted octanol–water partition coefficient (Wildman–Crippen LogP) is 2.19. The summed E-state index contributed by atoms with van der Waals surface area (Å²) in [6.45, 7) is 0.622. The van der Waals surface area contributed by atoms with E-state index in [0.29, 0.717) is 17.2 Å². The van der Waals surface area contributed by atoms with E-state index in [1.807, 2.05) is 6.26 Å². The average Bonchev–Trinajstić information content (AvgIpc) is 2.53. The summed E-state index contributed by atoms with van der Waals surface area (Å²) in [6, 6.07) is 1.55. The van der Waals surface area contributed by atoms with Crippen LogP contribution < -0.4 is 4.74 Å². The molecule has 0 fully saturated rings. The molecule has 13 heavy (non-hydrogen) atoms. The lowest BCUT2D eigenvalue weighted by Gasteiger charge is -1.99. The molecule has 0 saturated carbocycles. The highest BCUT2D eigenvalue weighted by Crippen LogP contribution is 2.21. The molecule has 0 aliphatic heterocycles. The number of carboxylic acids is 1. The lowest BCUT2D eigenvalue weighted by atomic mass is 10.4. The molecule has 1 heterocycles. The van der Waals surface area contributed by atoms with Gasteiger partial charge in [-0.1, -0.05) is 0 Å². The molecule has 0 saturated heterocycles. The highest BCUT2D eigenvalue weighted by Gasteiger charge is 2.06. The van der Waals surface area contributed by atoms with Crippen LogP contribution in [0.5, 0.6) is 5.75 Å². The first kappa shape index (κ1) is 10.4. The zero-order valence-corrected chi connectivity index (χ0v) is 8.78. The number of thiophene rings is 1. The Balaban J connectivity index is 2.44. The van der Waals surface area contributed by atoms with Crippen molar-refractivity contribution >= 4 is 29.1 Å². The second-order valence-electron chi connectivity index (χ2n) is 2.29. The van der Waals surface area contributed by atoms with E-state index < -0.39 is 5.97 Å². The number of carboxylic acid groups (broad SMARTS) is 1. The van der Waals surface area contributed by atoms with Crippen molar-refractivity contribution in [2.45, 2.75) is 0 Å². The first-order valence-electron chi connectivity index (χ1n) is 3.67. The Labute approximate surface area is 84.7 Å². The molecular weight excluding hydrogens is 208 g/mol. The van der Waals surface area contributed by atoms with E-state index in [0.717, 1.165) is 5.75 Å². The molecule has 3 nitrogen and oxygen atoms in total. The van der Waals surface area contributed by atoms with Crippen molar-refractivity contribution in [3.63, 3.8) is 0 Å². The maximum absolute atomic E-state index is 10.5. The Morgan fingerprint density at radius 2 is 2.54 bits per heavy atom. The molecule has 1 aromatic rings. The number of hydrogen-bond donors (Lipinski definition) is 1. The van der Waals surface area contributed by atoms with Crippen molar-refractivity contribution < 1.29 is 14.6 Å². The third-order valence-corrected chi connectivity index (χ3v) is 2.81. The topological polar surface area (TPSA) is 46.5 Å². The van der Waals surface area contributed by atoms with Crippen molar-refractivity contribution in [3.05, 3.63) is 16.3 Å². The van der Waals surface area contributed by atoms with Gasteiger partial charge >= 0.3 is 5.97 Å². The predicted molar refractivity (Wildman–Crippen MR) is 55.2 cm³/mol. The minimum atomic E-state index is -0.898. The van der Waals surface area contributed by atoms with Crippen LogP contribution >= 0.6 is 23.1 Å². The van der Waals surface area contributed by atoms with Crippen LogP contribution in [0.3, 0.4) is 0 Å². The molecule has 1 rings (SSSR count). The molecule has 1 N–H and O–H groups in total. The minimum Gasteiger partial charge on any atom is -0.492 e. The van der Waals surface area contributed by atoms with Crippen LogP contribution in [0.4, 0.5) is 0 Å². The van der Waals surface area contributed by atoms with Gasteiger partial charge in [0, 0.05) is 17.2 Å². The smallest absolute Gasteiger partial charge is 0.346 e. The summed E-state index contributed by atoms with van der Waals surface area (Å²) >= 11 is 2.88. The van der Waals surface area contributed by atoms with Crippen LogP contribution in [-0.2, 0) is 0 Å². The zero-order valence-electron chi connectivity index (χ0n) is 7.15. The summed E-state index contributed by atoms with van der Waals surface area (Å²) in [7, 11) is 0. The Morgan fingerprint density at radius 3 is 3.08 bits per heavy atom. The van der Waals surface area contributed by atoms with Crippen molar-refractivity contribution in [3.8, 4) is 5.75 Å². The number of thioether (sulfide) groups is 1. The van der Waals surface area contributed by atoms with Crippen LogP contribution in [-0.4, -0.2) is 29.7 Å². The summed E-state index contributed by atoms with van der Waals surface area (Å²) in [6.07, 6.45) is 2.00. The van der Waals surface area contributed by atoms with Crippen LogP contribution in [0, 0.1) is 0 Å². The van der Waals surface area contributed by atoms with E-state index in [1.54, 1.807) is 23.2 Å². The molecule has 0 spiro atoms. The largest absolute Gasteiger partial charge is 0.492 e. The Hall–Kier alpha value is -0.680. The van der Waals surface area contributed by atoms with Crippen molar-refractivity contribution in [1.82, 2.24) is 0 Å². The number of rotatable bonds is 5. The van der Waals surface area contributed by atoms with E-state index >= 15 is 0 Å². The first-order chi connectivity index (χ1) is 6.24. The van der Waals surface area contributed by atoms with Gasteiger partial charge in [0.1, 0.15) is 10.6 Å². The van der Waals surface area contributed by atoms with Gasteiger partial charge in [0.25, 0.3) is 0 Å². The number of ether oxygens (including phenoxy) is 1. The lowest BCUT2D eigenvalue weighted by molar-refractivity contribution is 0.0702. The van der Waals surface area contributed by atoms with Gasteiger partial charge in [-0.3, -0.25) is 0 Å². The van der Waals surface area contributed by atoms with Crippen molar-refractivity contribution in [2.24, 2.45) is 0 Å². The molecule has 0 unspecified atom stereocenters.